The van der Waals surface area contributed by atoms with Crippen molar-refractivity contribution in [1.29, 1.82) is 0 Å². The second-order valence-corrected chi connectivity index (χ2v) is 3.17. The molecule has 3 nitrogen and oxygen atoms in total. The van der Waals surface area contributed by atoms with Gasteiger partial charge in [-0.3, -0.25) is 0 Å². The second-order valence-electron chi connectivity index (χ2n) is 3.17. The number of aryl methyl sites for hydroxylation is 2. The van der Waals surface area contributed by atoms with Gasteiger partial charge in [0.1, 0.15) is 0 Å². The van der Waals surface area contributed by atoms with Crippen LogP contribution in [0.1, 0.15) is 36.4 Å². The summed E-state index contributed by atoms with van der Waals surface area (Å²) in [5.41, 5.74) is 2.42. The summed E-state index contributed by atoms with van der Waals surface area (Å²) < 4.78 is 0. The van der Waals surface area contributed by atoms with Gasteiger partial charge >= 0.3 is 0 Å². The molecule has 0 aliphatic carbocycles. The molecule has 1 heterocycles. The van der Waals surface area contributed by atoms with Crippen LogP contribution in [0.2, 0.25) is 0 Å². The van der Waals surface area contributed by atoms with E-state index in [0.717, 1.165) is 23.4 Å². The SMILES string of the molecule is C#CCC(O)c1cc(C)nnc1CC. The Morgan fingerprint density at radius 2 is 2.29 bits per heavy atom. The molecule has 0 aliphatic heterocycles. The van der Waals surface area contributed by atoms with Crippen molar-refractivity contribution in [3.05, 3.63) is 23.0 Å². The molecular weight excluding hydrogens is 176 g/mol. The van der Waals surface area contributed by atoms with E-state index in [4.69, 9.17) is 6.42 Å². The fraction of sp³-hybridized carbons (Fsp3) is 0.455. The smallest absolute Gasteiger partial charge is 0.0917 e. The van der Waals surface area contributed by atoms with Crippen molar-refractivity contribution in [3.8, 4) is 12.3 Å². The van der Waals surface area contributed by atoms with Gasteiger partial charge in [-0.1, -0.05) is 6.92 Å². The minimum Gasteiger partial charge on any atom is -0.387 e. The van der Waals surface area contributed by atoms with Crippen LogP contribution in [0.3, 0.4) is 0 Å². The first kappa shape index (κ1) is 10.7. The molecule has 0 spiro atoms. The molecule has 1 atom stereocenters. The number of terminal acetylenes is 1. The van der Waals surface area contributed by atoms with Gasteiger partial charge in [-0.15, -0.1) is 12.3 Å². The Morgan fingerprint density at radius 1 is 1.57 bits per heavy atom. The minimum absolute atomic E-state index is 0.318. The van der Waals surface area contributed by atoms with E-state index >= 15 is 0 Å². The lowest BCUT2D eigenvalue weighted by Gasteiger charge is -2.11. The zero-order chi connectivity index (χ0) is 10.6. The zero-order valence-corrected chi connectivity index (χ0v) is 8.49. The van der Waals surface area contributed by atoms with E-state index in [1.807, 2.05) is 19.9 Å². The molecule has 0 fully saturated rings. The molecule has 0 aliphatic rings. The lowest BCUT2D eigenvalue weighted by atomic mass is 10.0. The van der Waals surface area contributed by atoms with E-state index in [-0.39, 0.29) is 0 Å². The highest BCUT2D eigenvalue weighted by Crippen LogP contribution is 2.19. The van der Waals surface area contributed by atoms with Gasteiger partial charge in [0, 0.05) is 12.0 Å². The summed E-state index contributed by atoms with van der Waals surface area (Å²) in [6.07, 6.45) is 5.60. The van der Waals surface area contributed by atoms with Crippen LogP contribution in [-0.2, 0) is 6.42 Å². The van der Waals surface area contributed by atoms with E-state index in [9.17, 15) is 5.11 Å². The first-order valence-electron chi connectivity index (χ1n) is 4.63. The van der Waals surface area contributed by atoms with E-state index in [1.165, 1.54) is 0 Å². The average molecular weight is 190 g/mol. The quantitative estimate of drug-likeness (QED) is 0.733. The van der Waals surface area contributed by atoms with Crippen molar-refractivity contribution in [3.63, 3.8) is 0 Å². The Bertz CT molecular complexity index is 355. The van der Waals surface area contributed by atoms with Crippen LogP contribution in [0.4, 0.5) is 0 Å². The molecule has 1 aromatic heterocycles. The maximum absolute atomic E-state index is 9.75. The van der Waals surface area contributed by atoms with Crippen LogP contribution in [0.5, 0.6) is 0 Å². The van der Waals surface area contributed by atoms with Gasteiger partial charge in [0.05, 0.1) is 17.5 Å². The van der Waals surface area contributed by atoms with E-state index in [0.29, 0.717) is 6.42 Å². The summed E-state index contributed by atoms with van der Waals surface area (Å²) in [5.74, 6) is 2.44. The van der Waals surface area contributed by atoms with Crippen LogP contribution >= 0.6 is 0 Å². The van der Waals surface area contributed by atoms with Crippen molar-refractivity contribution < 1.29 is 5.11 Å². The summed E-state index contributed by atoms with van der Waals surface area (Å²) in [6.45, 7) is 3.82. The van der Waals surface area contributed by atoms with Gasteiger partial charge in [-0.2, -0.15) is 10.2 Å². The van der Waals surface area contributed by atoms with Gasteiger partial charge < -0.3 is 5.11 Å². The van der Waals surface area contributed by atoms with E-state index in [1.54, 1.807) is 0 Å². The molecule has 0 saturated heterocycles. The predicted octanol–water partition coefficient (Wildman–Crippen LogP) is 1.40. The van der Waals surface area contributed by atoms with Crippen molar-refractivity contribution in [2.45, 2.75) is 32.8 Å². The first-order valence-corrected chi connectivity index (χ1v) is 4.63. The van der Waals surface area contributed by atoms with Gasteiger partial charge in [0.15, 0.2) is 0 Å². The van der Waals surface area contributed by atoms with Crippen LogP contribution in [-0.4, -0.2) is 15.3 Å². The van der Waals surface area contributed by atoms with Gasteiger partial charge in [0.25, 0.3) is 0 Å². The number of rotatable bonds is 3. The third kappa shape index (κ3) is 2.30. The van der Waals surface area contributed by atoms with Crippen LogP contribution < -0.4 is 0 Å². The molecule has 14 heavy (non-hydrogen) atoms. The monoisotopic (exact) mass is 190 g/mol. The molecule has 3 heteroatoms. The van der Waals surface area contributed by atoms with Crippen LogP contribution in [0.15, 0.2) is 6.07 Å². The van der Waals surface area contributed by atoms with Gasteiger partial charge in [-0.25, -0.2) is 0 Å². The Kier molecular flexibility index (Phi) is 3.61. The number of aliphatic hydroxyl groups is 1. The topological polar surface area (TPSA) is 46.0 Å². The van der Waals surface area contributed by atoms with Crippen molar-refractivity contribution >= 4 is 0 Å². The Hall–Kier alpha value is -1.40. The number of hydrogen-bond donors (Lipinski definition) is 1. The molecule has 0 radical (unpaired) electrons. The first-order chi connectivity index (χ1) is 6.69. The summed E-state index contributed by atoms with van der Waals surface area (Å²) in [6, 6.07) is 1.84. The molecule has 1 unspecified atom stereocenters. The van der Waals surface area contributed by atoms with Crippen molar-refractivity contribution in [2.24, 2.45) is 0 Å². The normalized spacial score (nSPS) is 12.1. The van der Waals surface area contributed by atoms with E-state index < -0.39 is 6.10 Å². The van der Waals surface area contributed by atoms with Gasteiger partial charge in [-0.05, 0) is 19.4 Å². The third-order valence-electron chi connectivity index (χ3n) is 2.03. The molecule has 0 amide bonds. The number of aromatic nitrogens is 2. The Balaban J connectivity index is 3.04. The standard InChI is InChI=1S/C11H14N2O/c1-4-6-11(14)9-7-8(3)12-13-10(9)5-2/h1,7,11,14H,5-6H2,2-3H3. The highest BCUT2D eigenvalue weighted by molar-refractivity contribution is 5.24. The molecule has 1 N–H and O–H groups in total. The number of aliphatic hydroxyl groups excluding tert-OH is 1. The lowest BCUT2D eigenvalue weighted by Crippen LogP contribution is -2.05. The lowest BCUT2D eigenvalue weighted by molar-refractivity contribution is 0.182. The number of nitrogens with zero attached hydrogens (tertiary/aromatic N) is 2. The maximum Gasteiger partial charge on any atom is 0.0917 e. The summed E-state index contributed by atoms with van der Waals surface area (Å²) in [5, 5.41) is 17.7. The molecule has 74 valence electrons. The molecule has 0 saturated carbocycles. The maximum atomic E-state index is 9.75. The Labute approximate surface area is 84.2 Å². The minimum atomic E-state index is -0.621. The summed E-state index contributed by atoms with van der Waals surface area (Å²) in [4.78, 5) is 0. The molecule has 1 rings (SSSR count). The predicted molar refractivity (Wildman–Crippen MR) is 54.6 cm³/mol. The average Bonchev–Trinajstić information content (AvgIpc) is 2.18. The fourth-order valence-corrected chi connectivity index (χ4v) is 1.32. The highest BCUT2D eigenvalue weighted by Gasteiger charge is 2.12. The summed E-state index contributed by atoms with van der Waals surface area (Å²) >= 11 is 0. The van der Waals surface area contributed by atoms with Crippen LogP contribution in [0, 0.1) is 19.3 Å². The fourth-order valence-electron chi connectivity index (χ4n) is 1.32. The van der Waals surface area contributed by atoms with Crippen LogP contribution in [0.25, 0.3) is 0 Å². The summed E-state index contributed by atoms with van der Waals surface area (Å²) in [7, 11) is 0. The molecular formula is C11H14N2O. The largest absolute Gasteiger partial charge is 0.387 e. The third-order valence-corrected chi connectivity index (χ3v) is 2.03. The van der Waals surface area contributed by atoms with Crippen molar-refractivity contribution in [1.82, 2.24) is 10.2 Å². The molecule has 1 aromatic rings. The zero-order valence-electron chi connectivity index (χ0n) is 8.49. The highest BCUT2D eigenvalue weighted by atomic mass is 16.3. The van der Waals surface area contributed by atoms with E-state index in [2.05, 4.69) is 16.1 Å². The number of hydrogen-bond acceptors (Lipinski definition) is 3. The second kappa shape index (κ2) is 4.73. The Morgan fingerprint density at radius 3 is 2.86 bits per heavy atom. The molecule has 0 aromatic carbocycles. The van der Waals surface area contributed by atoms with Gasteiger partial charge in [0.2, 0.25) is 0 Å². The molecule has 0 bridgehead atoms. The van der Waals surface area contributed by atoms with Crippen molar-refractivity contribution in [2.75, 3.05) is 0 Å².